The molecule has 4 heteroatoms. The summed E-state index contributed by atoms with van der Waals surface area (Å²) in [5, 5.41) is 3.00. The van der Waals surface area contributed by atoms with E-state index in [2.05, 4.69) is 35.1 Å². The minimum atomic E-state index is -0.575. The molecule has 0 unspecified atom stereocenters. The Morgan fingerprint density at radius 2 is 2.00 bits per heavy atom. The number of nitrogens with one attached hydrogen (secondary N) is 1. The monoisotopic (exact) mass is 315 g/mol. The van der Waals surface area contributed by atoms with Gasteiger partial charge in [-0.15, -0.1) is 0 Å². The van der Waals surface area contributed by atoms with Crippen molar-refractivity contribution in [2.24, 2.45) is 16.2 Å². The molecular formula is C14H22BrNO2. The zero-order chi connectivity index (χ0) is 13.8. The van der Waals surface area contributed by atoms with Crippen molar-refractivity contribution in [3.05, 3.63) is 0 Å². The Labute approximate surface area is 117 Å². The second-order valence-electron chi connectivity index (χ2n) is 6.41. The van der Waals surface area contributed by atoms with Gasteiger partial charge in [-0.05, 0) is 24.7 Å². The van der Waals surface area contributed by atoms with Crippen LogP contribution in [-0.4, -0.2) is 23.1 Å². The van der Waals surface area contributed by atoms with Crippen LogP contribution in [0.25, 0.3) is 0 Å². The molecule has 2 aliphatic rings. The molecule has 0 aliphatic heterocycles. The maximum atomic E-state index is 12.6. The fourth-order valence-electron chi connectivity index (χ4n) is 3.85. The standard InChI is InChI=1S/C14H22BrNO2/c1-5-8-16-11(18)14-7-6-13(4,12(14,2)3)10(17)9(14)15/h9H,5-8H2,1-4H3,(H,16,18)/t9-,13+,14+/m0/s1. The van der Waals surface area contributed by atoms with E-state index in [0.29, 0.717) is 6.54 Å². The lowest BCUT2D eigenvalue weighted by atomic mass is 9.64. The van der Waals surface area contributed by atoms with Crippen LogP contribution in [0.4, 0.5) is 0 Å². The van der Waals surface area contributed by atoms with Crippen LogP contribution in [0.15, 0.2) is 0 Å². The minimum absolute atomic E-state index is 0.0470. The Morgan fingerprint density at radius 3 is 2.44 bits per heavy atom. The summed E-state index contributed by atoms with van der Waals surface area (Å²) in [6.07, 6.45) is 2.54. The van der Waals surface area contributed by atoms with E-state index < -0.39 is 5.41 Å². The van der Waals surface area contributed by atoms with Gasteiger partial charge in [-0.1, -0.05) is 43.6 Å². The Morgan fingerprint density at radius 1 is 1.39 bits per heavy atom. The van der Waals surface area contributed by atoms with Crippen molar-refractivity contribution in [3.63, 3.8) is 0 Å². The summed E-state index contributed by atoms with van der Waals surface area (Å²) in [7, 11) is 0. The summed E-state index contributed by atoms with van der Waals surface area (Å²) >= 11 is 3.51. The van der Waals surface area contributed by atoms with E-state index in [1.807, 2.05) is 13.8 Å². The molecule has 0 heterocycles. The second-order valence-corrected chi connectivity index (χ2v) is 7.33. The van der Waals surface area contributed by atoms with Crippen LogP contribution in [-0.2, 0) is 9.59 Å². The lowest BCUT2D eigenvalue weighted by Gasteiger charge is -2.39. The average Bonchev–Trinajstić information content (AvgIpc) is 2.59. The zero-order valence-corrected chi connectivity index (χ0v) is 13.2. The molecule has 2 bridgehead atoms. The van der Waals surface area contributed by atoms with Crippen LogP contribution in [0.1, 0.15) is 47.0 Å². The SMILES string of the molecule is CCCNC(=O)[C@@]12CC[C@](C)(C(=O)[C@@H]1Br)C2(C)C. The number of fused-ring (bicyclic) bond motifs is 2. The number of carbonyl (C=O) groups is 2. The van der Waals surface area contributed by atoms with Gasteiger partial charge in [0.05, 0.1) is 10.2 Å². The normalized spacial score (nSPS) is 41.2. The van der Waals surface area contributed by atoms with Crippen LogP contribution < -0.4 is 5.32 Å². The van der Waals surface area contributed by atoms with Crippen LogP contribution in [0, 0.1) is 16.2 Å². The predicted molar refractivity (Wildman–Crippen MR) is 74.6 cm³/mol. The van der Waals surface area contributed by atoms with E-state index in [1.165, 1.54) is 0 Å². The molecule has 1 amide bonds. The lowest BCUT2D eigenvalue weighted by molar-refractivity contribution is -0.135. The largest absolute Gasteiger partial charge is 0.356 e. The summed E-state index contributed by atoms with van der Waals surface area (Å²) in [5.41, 5.74) is -1.23. The molecule has 0 aromatic rings. The number of halogens is 1. The van der Waals surface area contributed by atoms with Crippen LogP contribution in [0.3, 0.4) is 0 Å². The molecule has 18 heavy (non-hydrogen) atoms. The number of carbonyl (C=O) groups excluding carboxylic acids is 2. The summed E-state index contributed by atoms with van der Waals surface area (Å²) < 4.78 is 0. The zero-order valence-electron chi connectivity index (χ0n) is 11.6. The van der Waals surface area contributed by atoms with Crippen molar-refractivity contribution >= 4 is 27.6 Å². The highest BCUT2D eigenvalue weighted by atomic mass is 79.9. The molecule has 2 aliphatic carbocycles. The number of hydrogen-bond acceptors (Lipinski definition) is 2. The van der Waals surface area contributed by atoms with Gasteiger partial charge in [-0.2, -0.15) is 0 Å². The number of ketones is 1. The Kier molecular flexibility index (Phi) is 3.16. The van der Waals surface area contributed by atoms with Crippen LogP contribution in [0.5, 0.6) is 0 Å². The average molecular weight is 316 g/mol. The van der Waals surface area contributed by atoms with Gasteiger partial charge in [0, 0.05) is 12.0 Å². The summed E-state index contributed by atoms with van der Waals surface area (Å²) in [6, 6.07) is 0. The van der Waals surface area contributed by atoms with Crippen molar-refractivity contribution < 1.29 is 9.59 Å². The van der Waals surface area contributed by atoms with Gasteiger partial charge >= 0.3 is 0 Å². The van der Waals surface area contributed by atoms with E-state index >= 15 is 0 Å². The number of Topliss-reactive ketones (excluding diaryl/α,β-unsaturated/α-hetero) is 1. The minimum Gasteiger partial charge on any atom is -0.356 e. The maximum Gasteiger partial charge on any atom is 0.228 e. The molecule has 3 nitrogen and oxygen atoms in total. The lowest BCUT2D eigenvalue weighted by Crippen LogP contribution is -2.50. The molecule has 0 aromatic heterocycles. The quantitative estimate of drug-likeness (QED) is 0.814. The third-order valence-electron chi connectivity index (χ3n) is 5.66. The van der Waals surface area contributed by atoms with Crippen molar-refractivity contribution in [2.75, 3.05) is 6.54 Å². The van der Waals surface area contributed by atoms with Crippen molar-refractivity contribution in [3.8, 4) is 0 Å². The third kappa shape index (κ3) is 1.30. The van der Waals surface area contributed by atoms with Gasteiger partial charge in [0.25, 0.3) is 0 Å². The van der Waals surface area contributed by atoms with Crippen molar-refractivity contribution in [2.45, 2.75) is 51.8 Å². The maximum absolute atomic E-state index is 12.6. The van der Waals surface area contributed by atoms with E-state index in [9.17, 15) is 9.59 Å². The summed E-state index contributed by atoms with van der Waals surface area (Å²) in [4.78, 5) is 24.7. The third-order valence-corrected chi connectivity index (χ3v) is 6.86. The first-order valence-corrected chi connectivity index (χ1v) is 7.64. The summed E-state index contributed by atoms with van der Waals surface area (Å²) in [5.74, 6) is 0.246. The molecule has 0 aromatic carbocycles. The van der Waals surface area contributed by atoms with Crippen LogP contribution >= 0.6 is 15.9 Å². The molecule has 0 spiro atoms. The van der Waals surface area contributed by atoms with Gasteiger partial charge in [0.2, 0.25) is 5.91 Å². The smallest absolute Gasteiger partial charge is 0.228 e. The topological polar surface area (TPSA) is 46.2 Å². The molecular weight excluding hydrogens is 294 g/mol. The molecule has 0 saturated heterocycles. The van der Waals surface area contributed by atoms with E-state index in [-0.39, 0.29) is 27.3 Å². The molecule has 1 N–H and O–H groups in total. The van der Waals surface area contributed by atoms with Crippen LogP contribution in [0.2, 0.25) is 0 Å². The molecule has 2 saturated carbocycles. The van der Waals surface area contributed by atoms with Crippen molar-refractivity contribution in [1.82, 2.24) is 5.32 Å². The first kappa shape index (κ1) is 14.0. The van der Waals surface area contributed by atoms with E-state index in [4.69, 9.17) is 0 Å². The molecule has 2 rings (SSSR count). The number of rotatable bonds is 3. The molecule has 2 fully saturated rings. The number of alkyl halides is 1. The predicted octanol–water partition coefficient (Wildman–Crippen LogP) is 2.67. The summed E-state index contributed by atoms with van der Waals surface area (Å²) in [6.45, 7) is 8.88. The van der Waals surface area contributed by atoms with Gasteiger partial charge < -0.3 is 5.32 Å². The Hall–Kier alpha value is -0.380. The Balaban J connectivity index is 2.43. The fourth-order valence-corrected chi connectivity index (χ4v) is 5.37. The fraction of sp³-hybridized carbons (Fsp3) is 0.857. The van der Waals surface area contributed by atoms with Crippen molar-refractivity contribution in [1.29, 1.82) is 0 Å². The first-order valence-electron chi connectivity index (χ1n) is 6.72. The van der Waals surface area contributed by atoms with Gasteiger partial charge in [-0.25, -0.2) is 0 Å². The second kappa shape index (κ2) is 4.06. The first-order chi connectivity index (χ1) is 8.25. The van der Waals surface area contributed by atoms with E-state index in [1.54, 1.807) is 0 Å². The molecule has 0 radical (unpaired) electrons. The highest BCUT2D eigenvalue weighted by Crippen LogP contribution is 2.72. The molecule has 3 atom stereocenters. The number of amides is 1. The molecule has 102 valence electrons. The van der Waals surface area contributed by atoms with Gasteiger partial charge in [0.1, 0.15) is 0 Å². The van der Waals surface area contributed by atoms with Gasteiger partial charge in [0.15, 0.2) is 5.78 Å². The Bertz CT molecular complexity index is 407. The van der Waals surface area contributed by atoms with E-state index in [0.717, 1.165) is 19.3 Å². The highest BCUT2D eigenvalue weighted by molar-refractivity contribution is 9.10. The van der Waals surface area contributed by atoms with Gasteiger partial charge in [-0.3, -0.25) is 9.59 Å². The highest BCUT2D eigenvalue weighted by Gasteiger charge is 2.76. The number of hydrogen-bond donors (Lipinski definition) is 1.